The number of halogens is 1. The van der Waals surface area contributed by atoms with Crippen LogP contribution in [0.15, 0.2) is 46.9 Å². The van der Waals surface area contributed by atoms with Gasteiger partial charge in [0.25, 0.3) is 0 Å². The van der Waals surface area contributed by atoms with Crippen LogP contribution in [0.1, 0.15) is 30.3 Å². The van der Waals surface area contributed by atoms with E-state index >= 15 is 0 Å². The predicted molar refractivity (Wildman–Crippen MR) is 110 cm³/mol. The van der Waals surface area contributed by atoms with Gasteiger partial charge in [0.15, 0.2) is 5.96 Å². The minimum atomic E-state index is 0. The Bertz CT molecular complexity index is 557. The van der Waals surface area contributed by atoms with E-state index in [-0.39, 0.29) is 24.0 Å². The van der Waals surface area contributed by atoms with Gasteiger partial charge in [-0.15, -0.1) is 35.3 Å². The van der Waals surface area contributed by atoms with E-state index < -0.39 is 0 Å². The molecule has 6 heteroatoms. The highest BCUT2D eigenvalue weighted by atomic mass is 127. The Labute approximate surface area is 159 Å². The van der Waals surface area contributed by atoms with Crippen LogP contribution in [0.25, 0.3) is 0 Å². The molecule has 2 aromatic heterocycles. The molecular formula is C17H25IN4S. The normalized spacial score (nSPS) is 12.3. The van der Waals surface area contributed by atoms with E-state index in [2.05, 4.69) is 52.0 Å². The monoisotopic (exact) mass is 444 g/mol. The van der Waals surface area contributed by atoms with E-state index in [4.69, 9.17) is 0 Å². The molecule has 1 atom stereocenters. The summed E-state index contributed by atoms with van der Waals surface area (Å²) in [5, 5.41) is 8.78. The van der Waals surface area contributed by atoms with E-state index in [1.54, 1.807) is 11.3 Å². The smallest absolute Gasteiger partial charge is 0.191 e. The molecule has 0 saturated carbocycles. The van der Waals surface area contributed by atoms with Crippen molar-refractivity contribution in [1.29, 1.82) is 0 Å². The second-order valence-electron chi connectivity index (χ2n) is 5.13. The Kier molecular flexibility index (Phi) is 9.86. The summed E-state index contributed by atoms with van der Waals surface area (Å²) in [6.07, 6.45) is 2.73. The molecule has 0 fully saturated rings. The number of nitrogens with one attached hydrogen (secondary N) is 2. The van der Waals surface area contributed by atoms with Crippen molar-refractivity contribution in [3.05, 3.63) is 52.5 Å². The second kappa shape index (κ2) is 11.4. The zero-order chi connectivity index (χ0) is 15.6. The molecule has 0 bridgehead atoms. The SMILES string of the molecule is CCNC(=NCC(C)c1cccs1)NCCc1ccccn1.I. The lowest BCUT2D eigenvalue weighted by Gasteiger charge is -2.12. The Hall–Kier alpha value is -1.15. The average molecular weight is 444 g/mol. The molecule has 2 N–H and O–H groups in total. The molecule has 2 heterocycles. The highest BCUT2D eigenvalue weighted by Gasteiger charge is 2.06. The molecule has 0 aliphatic rings. The fourth-order valence-corrected chi connectivity index (χ4v) is 2.86. The first-order valence-electron chi connectivity index (χ1n) is 7.75. The van der Waals surface area contributed by atoms with Crippen LogP contribution in [0.4, 0.5) is 0 Å². The number of hydrogen-bond donors (Lipinski definition) is 2. The van der Waals surface area contributed by atoms with Crippen molar-refractivity contribution in [2.24, 2.45) is 4.99 Å². The maximum absolute atomic E-state index is 4.68. The minimum absolute atomic E-state index is 0. The molecule has 2 aromatic rings. The number of aliphatic imine (C=N–C) groups is 1. The van der Waals surface area contributed by atoms with Crippen molar-refractivity contribution in [2.75, 3.05) is 19.6 Å². The summed E-state index contributed by atoms with van der Waals surface area (Å²) in [4.78, 5) is 10.4. The number of rotatable bonds is 7. The van der Waals surface area contributed by atoms with Crippen LogP contribution in [0.5, 0.6) is 0 Å². The Balaban J connectivity index is 0.00000264. The van der Waals surface area contributed by atoms with Gasteiger partial charge in [0.05, 0.1) is 6.54 Å². The van der Waals surface area contributed by atoms with Gasteiger partial charge in [-0.3, -0.25) is 9.98 Å². The van der Waals surface area contributed by atoms with Crippen molar-refractivity contribution < 1.29 is 0 Å². The average Bonchev–Trinajstić information content (AvgIpc) is 3.08. The van der Waals surface area contributed by atoms with Crippen LogP contribution in [-0.2, 0) is 6.42 Å². The third kappa shape index (κ3) is 7.30. The van der Waals surface area contributed by atoms with Crippen molar-refractivity contribution >= 4 is 41.3 Å². The molecule has 1 unspecified atom stereocenters. The topological polar surface area (TPSA) is 49.3 Å². The summed E-state index contributed by atoms with van der Waals surface area (Å²) >= 11 is 1.79. The molecule has 23 heavy (non-hydrogen) atoms. The standard InChI is InChI=1S/C17H24N4S.HI/c1-3-18-17(20-11-9-15-7-4-5-10-19-15)21-13-14(2)16-8-6-12-22-16;/h4-8,10,12,14H,3,9,11,13H2,1-2H3,(H2,18,20,21);1H. The van der Waals surface area contributed by atoms with E-state index in [1.807, 2.05) is 24.4 Å². The third-order valence-corrected chi connectivity index (χ3v) is 4.40. The van der Waals surface area contributed by atoms with Crippen LogP contribution in [-0.4, -0.2) is 30.6 Å². The molecule has 0 aliphatic heterocycles. The fourth-order valence-electron chi connectivity index (χ4n) is 2.09. The zero-order valence-corrected chi connectivity index (χ0v) is 16.8. The lowest BCUT2D eigenvalue weighted by atomic mass is 10.1. The number of pyridine rings is 1. The fraction of sp³-hybridized carbons (Fsp3) is 0.412. The highest BCUT2D eigenvalue weighted by Crippen LogP contribution is 2.20. The first-order valence-corrected chi connectivity index (χ1v) is 8.63. The molecule has 0 spiro atoms. The zero-order valence-electron chi connectivity index (χ0n) is 13.7. The van der Waals surface area contributed by atoms with Gasteiger partial charge in [0.1, 0.15) is 0 Å². The summed E-state index contributed by atoms with van der Waals surface area (Å²) in [5.74, 6) is 1.33. The van der Waals surface area contributed by atoms with Gasteiger partial charge in [0, 0.05) is 42.2 Å². The Morgan fingerprint density at radius 2 is 2.13 bits per heavy atom. The van der Waals surface area contributed by atoms with E-state index in [0.717, 1.165) is 37.7 Å². The number of aromatic nitrogens is 1. The van der Waals surface area contributed by atoms with Gasteiger partial charge in [-0.05, 0) is 30.5 Å². The quantitative estimate of drug-likeness (QED) is 0.389. The van der Waals surface area contributed by atoms with Crippen molar-refractivity contribution in [3.63, 3.8) is 0 Å². The van der Waals surface area contributed by atoms with E-state index in [1.165, 1.54) is 4.88 Å². The van der Waals surface area contributed by atoms with Gasteiger partial charge in [-0.25, -0.2) is 0 Å². The Morgan fingerprint density at radius 1 is 1.26 bits per heavy atom. The highest BCUT2D eigenvalue weighted by molar-refractivity contribution is 14.0. The largest absolute Gasteiger partial charge is 0.357 e. The van der Waals surface area contributed by atoms with Crippen LogP contribution >= 0.6 is 35.3 Å². The second-order valence-corrected chi connectivity index (χ2v) is 6.11. The van der Waals surface area contributed by atoms with Crippen molar-refractivity contribution in [3.8, 4) is 0 Å². The maximum atomic E-state index is 4.68. The first-order chi connectivity index (χ1) is 10.8. The van der Waals surface area contributed by atoms with E-state index in [0.29, 0.717) is 5.92 Å². The van der Waals surface area contributed by atoms with Crippen molar-refractivity contribution in [1.82, 2.24) is 15.6 Å². The van der Waals surface area contributed by atoms with Gasteiger partial charge >= 0.3 is 0 Å². The molecule has 0 amide bonds. The Morgan fingerprint density at radius 3 is 2.78 bits per heavy atom. The van der Waals surface area contributed by atoms with Gasteiger partial charge in [-0.1, -0.05) is 19.1 Å². The van der Waals surface area contributed by atoms with Gasteiger partial charge in [-0.2, -0.15) is 0 Å². The molecule has 126 valence electrons. The van der Waals surface area contributed by atoms with Gasteiger partial charge in [0.2, 0.25) is 0 Å². The summed E-state index contributed by atoms with van der Waals surface area (Å²) in [7, 11) is 0. The van der Waals surface area contributed by atoms with Crippen LogP contribution < -0.4 is 10.6 Å². The minimum Gasteiger partial charge on any atom is -0.357 e. The summed E-state index contributed by atoms with van der Waals surface area (Å²) < 4.78 is 0. The van der Waals surface area contributed by atoms with Crippen LogP contribution in [0.2, 0.25) is 0 Å². The maximum Gasteiger partial charge on any atom is 0.191 e. The summed E-state index contributed by atoms with van der Waals surface area (Å²) in [6, 6.07) is 10.3. The summed E-state index contributed by atoms with van der Waals surface area (Å²) in [6.45, 7) is 6.78. The molecule has 0 aromatic carbocycles. The van der Waals surface area contributed by atoms with Crippen LogP contribution in [0.3, 0.4) is 0 Å². The van der Waals surface area contributed by atoms with Crippen molar-refractivity contribution in [2.45, 2.75) is 26.2 Å². The third-order valence-electron chi connectivity index (χ3n) is 3.30. The van der Waals surface area contributed by atoms with Crippen LogP contribution in [0, 0.1) is 0 Å². The van der Waals surface area contributed by atoms with Gasteiger partial charge < -0.3 is 10.6 Å². The molecule has 0 aliphatic carbocycles. The molecular weight excluding hydrogens is 419 g/mol. The molecule has 0 saturated heterocycles. The molecule has 0 radical (unpaired) electrons. The predicted octanol–water partition coefficient (Wildman–Crippen LogP) is 3.66. The molecule has 2 rings (SSSR count). The number of guanidine groups is 1. The number of nitrogens with zero attached hydrogens (tertiary/aromatic N) is 2. The first kappa shape index (κ1) is 19.9. The van der Waals surface area contributed by atoms with E-state index in [9.17, 15) is 0 Å². The number of hydrogen-bond acceptors (Lipinski definition) is 3. The molecule has 4 nitrogen and oxygen atoms in total. The number of thiophene rings is 1. The summed E-state index contributed by atoms with van der Waals surface area (Å²) in [5.41, 5.74) is 1.10. The lowest BCUT2D eigenvalue weighted by Crippen LogP contribution is -2.38. The lowest BCUT2D eigenvalue weighted by molar-refractivity contribution is 0.751.